The van der Waals surface area contributed by atoms with Gasteiger partial charge in [0.1, 0.15) is 5.69 Å². The largest absolute Gasteiger partial charge is 0.355 e. The Hall–Kier alpha value is -2.45. The topological polar surface area (TPSA) is 92.5 Å². The van der Waals surface area contributed by atoms with E-state index in [1.807, 2.05) is 58.0 Å². The van der Waals surface area contributed by atoms with E-state index >= 15 is 0 Å². The van der Waals surface area contributed by atoms with Gasteiger partial charge in [-0.25, -0.2) is 8.42 Å². The number of sulfonamides is 1. The highest BCUT2D eigenvalue weighted by molar-refractivity contribution is 7.89. The number of aromatic nitrogens is 1. The molecule has 2 heterocycles. The zero-order valence-corrected chi connectivity index (χ0v) is 19.6. The molecule has 1 aromatic heterocycles. The van der Waals surface area contributed by atoms with Gasteiger partial charge in [-0.05, 0) is 59.1 Å². The first-order valence-electron chi connectivity index (χ1n) is 10.5. The predicted octanol–water partition coefficient (Wildman–Crippen LogP) is 3.78. The van der Waals surface area contributed by atoms with Crippen molar-refractivity contribution in [3.63, 3.8) is 0 Å². The lowest BCUT2D eigenvalue weighted by molar-refractivity contribution is -0.127. The van der Waals surface area contributed by atoms with Gasteiger partial charge in [0, 0.05) is 24.5 Å². The van der Waals surface area contributed by atoms with E-state index in [2.05, 4.69) is 10.5 Å². The van der Waals surface area contributed by atoms with Gasteiger partial charge in [0.15, 0.2) is 10.7 Å². The molecule has 0 aliphatic carbocycles. The van der Waals surface area contributed by atoms with Crippen LogP contribution in [0.3, 0.4) is 0 Å². The number of benzene rings is 1. The Labute approximate surface area is 184 Å². The second kappa shape index (κ2) is 8.96. The molecule has 7 nitrogen and oxygen atoms in total. The first-order valence-corrected chi connectivity index (χ1v) is 11.9. The molecule has 0 saturated carbocycles. The highest BCUT2D eigenvalue weighted by Gasteiger charge is 2.36. The van der Waals surface area contributed by atoms with Crippen molar-refractivity contribution in [2.45, 2.75) is 57.9 Å². The number of hydrogen-bond donors (Lipinski definition) is 1. The predicted molar refractivity (Wildman–Crippen MR) is 121 cm³/mol. The SMILES string of the molecule is Cc1cccc(C=Cc2onc(C)c2S(=O)(=O)N2CCC(C(=O)NC(C)(C)C)CC2)c1. The maximum atomic E-state index is 13.4. The first kappa shape index (κ1) is 23.2. The fraction of sp³-hybridized carbons (Fsp3) is 0.478. The Balaban J connectivity index is 1.76. The van der Waals surface area contributed by atoms with Crippen LogP contribution in [0.2, 0.25) is 0 Å². The molecule has 1 aromatic carbocycles. The molecule has 3 rings (SSSR count). The van der Waals surface area contributed by atoms with Crippen molar-refractivity contribution in [3.8, 4) is 0 Å². The molecule has 1 aliphatic rings. The number of nitrogens with one attached hydrogen (secondary N) is 1. The number of carbonyl (C=O) groups excluding carboxylic acids is 1. The monoisotopic (exact) mass is 445 g/mol. The minimum absolute atomic E-state index is 0.0208. The Bertz CT molecular complexity index is 1070. The van der Waals surface area contributed by atoms with E-state index in [0.29, 0.717) is 18.5 Å². The molecule has 1 amide bonds. The van der Waals surface area contributed by atoms with Gasteiger partial charge >= 0.3 is 0 Å². The summed E-state index contributed by atoms with van der Waals surface area (Å²) in [5.74, 6) is 0.00835. The Kier molecular flexibility index (Phi) is 6.71. The summed E-state index contributed by atoms with van der Waals surface area (Å²) >= 11 is 0. The average Bonchev–Trinajstić information content (AvgIpc) is 3.06. The first-order chi connectivity index (χ1) is 14.5. The van der Waals surface area contributed by atoms with Crippen LogP contribution in [0.25, 0.3) is 12.2 Å². The van der Waals surface area contributed by atoms with Gasteiger partial charge in [-0.1, -0.05) is 41.1 Å². The summed E-state index contributed by atoms with van der Waals surface area (Å²) in [5.41, 5.74) is 2.08. The van der Waals surface area contributed by atoms with Crippen molar-refractivity contribution >= 4 is 28.1 Å². The maximum Gasteiger partial charge on any atom is 0.248 e. The smallest absolute Gasteiger partial charge is 0.248 e. The normalized spacial score (nSPS) is 16.7. The van der Waals surface area contributed by atoms with Crippen LogP contribution in [0.4, 0.5) is 0 Å². The number of nitrogens with zero attached hydrogens (tertiary/aromatic N) is 2. The van der Waals surface area contributed by atoms with Gasteiger partial charge in [0.05, 0.1) is 0 Å². The molecular formula is C23H31N3O4S. The van der Waals surface area contributed by atoms with E-state index in [0.717, 1.165) is 11.1 Å². The summed E-state index contributed by atoms with van der Waals surface area (Å²) in [6, 6.07) is 7.88. The lowest BCUT2D eigenvalue weighted by Gasteiger charge is -2.32. The van der Waals surface area contributed by atoms with E-state index in [1.165, 1.54) is 4.31 Å². The van der Waals surface area contributed by atoms with Crippen molar-refractivity contribution < 1.29 is 17.7 Å². The number of rotatable bonds is 5. The van der Waals surface area contributed by atoms with Gasteiger partial charge in [0.2, 0.25) is 15.9 Å². The van der Waals surface area contributed by atoms with Crippen LogP contribution in [0, 0.1) is 19.8 Å². The lowest BCUT2D eigenvalue weighted by atomic mass is 9.96. The molecule has 1 aliphatic heterocycles. The number of piperidine rings is 1. The van der Waals surface area contributed by atoms with Crippen molar-refractivity contribution in [3.05, 3.63) is 46.8 Å². The minimum atomic E-state index is -3.78. The second-order valence-electron chi connectivity index (χ2n) is 9.13. The lowest BCUT2D eigenvalue weighted by Crippen LogP contribution is -2.47. The summed E-state index contributed by atoms with van der Waals surface area (Å²) in [6.07, 6.45) is 4.43. The van der Waals surface area contributed by atoms with Gasteiger partial charge in [-0.3, -0.25) is 4.79 Å². The highest BCUT2D eigenvalue weighted by Crippen LogP contribution is 2.29. The summed E-state index contributed by atoms with van der Waals surface area (Å²) in [4.78, 5) is 12.5. The van der Waals surface area contributed by atoms with Gasteiger partial charge in [-0.2, -0.15) is 4.31 Å². The van der Waals surface area contributed by atoms with Gasteiger partial charge in [0.25, 0.3) is 0 Å². The summed E-state index contributed by atoms with van der Waals surface area (Å²) in [7, 11) is -3.78. The number of carbonyl (C=O) groups is 1. The summed E-state index contributed by atoms with van der Waals surface area (Å²) < 4.78 is 33.5. The van der Waals surface area contributed by atoms with Crippen LogP contribution in [-0.4, -0.2) is 42.4 Å². The van der Waals surface area contributed by atoms with E-state index < -0.39 is 10.0 Å². The standard InChI is InChI=1S/C23H31N3O4S/c1-16-7-6-8-18(15-16)9-10-20-21(17(2)25-30-20)31(28,29)26-13-11-19(12-14-26)22(27)24-23(3,4)5/h6-10,15,19H,11-14H2,1-5H3,(H,24,27). The number of aryl methyl sites for hydroxylation is 2. The molecule has 31 heavy (non-hydrogen) atoms. The molecule has 0 spiro atoms. The third-order valence-electron chi connectivity index (χ3n) is 5.22. The molecule has 2 aromatic rings. The van der Waals surface area contributed by atoms with E-state index in [1.54, 1.807) is 13.0 Å². The average molecular weight is 446 g/mol. The summed E-state index contributed by atoms with van der Waals surface area (Å²) in [5, 5.41) is 6.88. The second-order valence-corrected chi connectivity index (χ2v) is 11.0. The molecule has 8 heteroatoms. The molecule has 1 saturated heterocycles. The quantitative estimate of drug-likeness (QED) is 0.756. The molecule has 1 N–H and O–H groups in total. The van der Waals surface area contributed by atoms with Crippen LogP contribution < -0.4 is 5.32 Å². The summed E-state index contributed by atoms with van der Waals surface area (Å²) in [6.45, 7) is 10.0. The number of amides is 1. The van der Waals surface area contributed by atoms with E-state index in [9.17, 15) is 13.2 Å². The zero-order chi connectivity index (χ0) is 22.8. The van der Waals surface area contributed by atoms with Crippen molar-refractivity contribution in [2.75, 3.05) is 13.1 Å². The molecule has 0 bridgehead atoms. The fourth-order valence-corrected chi connectivity index (χ4v) is 5.42. The zero-order valence-electron chi connectivity index (χ0n) is 18.8. The molecule has 0 unspecified atom stereocenters. The van der Waals surface area contributed by atoms with E-state index in [-0.39, 0.29) is 41.1 Å². The third kappa shape index (κ3) is 5.62. The molecule has 0 radical (unpaired) electrons. The van der Waals surface area contributed by atoms with E-state index in [4.69, 9.17) is 4.52 Å². The minimum Gasteiger partial charge on any atom is -0.355 e. The van der Waals surface area contributed by atoms with Crippen LogP contribution in [-0.2, 0) is 14.8 Å². The molecule has 1 fully saturated rings. The Morgan fingerprint density at radius 1 is 1.19 bits per heavy atom. The van der Waals surface area contributed by atoms with Crippen LogP contribution in [0.5, 0.6) is 0 Å². The molecule has 168 valence electrons. The van der Waals surface area contributed by atoms with Gasteiger partial charge in [-0.15, -0.1) is 0 Å². The fourth-order valence-electron chi connectivity index (χ4n) is 3.70. The third-order valence-corrected chi connectivity index (χ3v) is 7.28. The van der Waals surface area contributed by atoms with Crippen LogP contribution in [0.1, 0.15) is 56.2 Å². The van der Waals surface area contributed by atoms with Crippen LogP contribution >= 0.6 is 0 Å². The number of hydrogen-bond acceptors (Lipinski definition) is 5. The van der Waals surface area contributed by atoms with Crippen LogP contribution in [0.15, 0.2) is 33.7 Å². The Morgan fingerprint density at radius 3 is 2.48 bits per heavy atom. The van der Waals surface area contributed by atoms with Crippen molar-refractivity contribution in [2.24, 2.45) is 5.92 Å². The Morgan fingerprint density at radius 2 is 1.87 bits per heavy atom. The van der Waals surface area contributed by atoms with Gasteiger partial charge < -0.3 is 9.84 Å². The molecular weight excluding hydrogens is 414 g/mol. The molecule has 0 atom stereocenters. The van der Waals surface area contributed by atoms with Crippen molar-refractivity contribution in [1.82, 2.24) is 14.8 Å². The van der Waals surface area contributed by atoms with Crippen molar-refractivity contribution in [1.29, 1.82) is 0 Å². The maximum absolute atomic E-state index is 13.4. The highest BCUT2D eigenvalue weighted by atomic mass is 32.2.